The Hall–Kier alpha value is -0.650. The van der Waals surface area contributed by atoms with Crippen LogP contribution in [0.5, 0.6) is 0 Å². The van der Waals surface area contributed by atoms with Crippen molar-refractivity contribution in [1.82, 2.24) is 10.2 Å². The van der Waals surface area contributed by atoms with Crippen LogP contribution < -0.4 is 5.32 Å². The second kappa shape index (κ2) is 6.33. The van der Waals surface area contributed by atoms with E-state index in [0.29, 0.717) is 31.8 Å². The molecule has 2 heterocycles. The minimum atomic E-state index is 0.180. The second-order valence-corrected chi connectivity index (χ2v) is 4.75. The number of carbonyl (C=O) groups excluding carboxylic acids is 1. The number of amides is 1. The molecular weight excluding hydrogens is 220 g/mol. The molecule has 0 aromatic rings. The van der Waals surface area contributed by atoms with Crippen LogP contribution >= 0.6 is 0 Å². The van der Waals surface area contributed by atoms with E-state index in [1.807, 2.05) is 4.90 Å². The number of rotatable bonds is 4. The summed E-state index contributed by atoms with van der Waals surface area (Å²) in [6.45, 7) is 7.04. The Balaban J connectivity index is 1.62. The van der Waals surface area contributed by atoms with E-state index >= 15 is 0 Å². The van der Waals surface area contributed by atoms with E-state index in [1.165, 1.54) is 0 Å². The largest absolute Gasteiger partial charge is 0.378 e. The smallest absolute Gasteiger partial charge is 0.236 e. The van der Waals surface area contributed by atoms with Gasteiger partial charge in [0.2, 0.25) is 5.91 Å². The third-order valence-electron chi connectivity index (χ3n) is 3.58. The van der Waals surface area contributed by atoms with Gasteiger partial charge >= 0.3 is 0 Å². The zero-order valence-corrected chi connectivity index (χ0v) is 10.5. The first-order valence-electron chi connectivity index (χ1n) is 6.45. The lowest BCUT2D eigenvalue weighted by molar-refractivity contribution is -0.134. The van der Waals surface area contributed by atoms with Crippen LogP contribution in [0.2, 0.25) is 0 Å². The summed E-state index contributed by atoms with van der Waals surface area (Å²) in [4.78, 5) is 13.7. The second-order valence-electron chi connectivity index (χ2n) is 4.75. The minimum absolute atomic E-state index is 0.180. The molecule has 0 saturated carbocycles. The number of carbonyl (C=O) groups is 1. The summed E-state index contributed by atoms with van der Waals surface area (Å²) in [7, 11) is 0. The number of hydrogen-bond donors (Lipinski definition) is 1. The maximum atomic E-state index is 11.8. The fourth-order valence-electron chi connectivity index (χ4n) is 2.33. The predicted octanol–water partition coefficient (Wildman–Crippen LogP) is -0.140. The topological polar surface area (TPSA) is 50.8 Å². The van der Waals surface area contributed by atoms with E-state index in [4.69, 9.17) is 9.47 Å². The molecule has 0 aliphatic carbocycles. The van der Waals surface area contributed by atoms with Crippen molar-refractivity contribution in [3.63, 3.8) is 0 Å². The fraction of sp³-hybridized carbons (Fsp3) is 0.917. The summed E-state index contributed by atoms with van der Waals surface area (Å²) in [6.07, 6.45) is 1.42. The Morgan fingerprint density at radius 3 is 2.76 bits per heavy atom. The first-order valence-corrected chi connectivity index (χ1v) is 6.45. The SMILES string of the molecule is CC1OCCC1CNCC(=O)N1CCOCC1. The van der Waals surface area contributed by atoms with Crippen molar-refractivity contribution in [2.24, 2.45) is 5.92 Å². The first kappa shape index (κ1) is 12.8. The highest BCUT2D eigenvalue weighted by atomic mass is 16.5. The van der Waals surface area contributed by atoms with Gasteiger partial charge in [-0.2, -0.15) is 0 Å². The summed E-state index contributed by atoms with van der Waals surface area (Å²) in [5, 5.41) is 3.24. The quantitative estimate of drug-likeness (QED) is 0.745. The third kappa shape index (κ3) is 3.66. The molecule has 2 saturated heterocycles. The van der Waals surface area contributed by atoms with Gasteiger partial charge in [-0.3, -0.25) is 4.79 Å². The molecule has 5 nitrogen and oxygen atoms in total. The Kier molecular flexibility index (Phi) is 4.76. The van der Waals surface area contributed by atoms with Crippen LogP contribution in [0.25, 0.3) is 0 Å². The van der Waals surface area contributed by atoms with Crippen molar-refractivity contribution < 1.29 is 14.3 Å². The third-order valence-corrected chi connectivity index (χ3v) is 3.58. The lowest BCUT2D eigenvalue weighted by Crippen LogP contribution is -2.45. The first-order chi connectivity index (χ1) is 8.27. The van der Waals surface area contributed by atoms with Crippen LogP contribution in [0.4, 0.5) is 0 Å². The highest BCUT2D eigenvalue weighted by Gasteiger charge is 2.24. The van der Waals surface area contributed by atoms with Crippen LogP contribution in [0, 0.1) is 5.92 Å². The van der Waals surface area contributed by atoms with Crippen LogP contribution in [-0.4, -0.2) is 62.9 Å². The van der Waals surface area contributed by atoms with Crippen molar-refractivity contribution in [2.45, 2.75) is 19.4 Å². The number of hydrogen-bond acceptors (Lipinski definition) is 4. The molecular formula is C12H22N2O3. The summed E-state index contributed by atoms with van der Waals surface area (Å²) >= 11 is 0. The number of nitrogens with zero attached hydrogens (tertiary/aromatic N) is 1. The van der Waals surface area contributed by atoms with Crippen LogP contribution in [-0.2, 0) is 14.3 Å². The van der Waals surface area contributed by atoms with Gasteiger partial charge < -0.3 is 19.7 Å². The van der Waals surface area contributed by atoms with Crippen molar-refractivity contribution in [1.29, 1.82) is 0 Å². The van der Waals surface area contributed by atoms with Crippen molar-refractivity contribution >= 4 is 5.91 Å². The number of ether oxygens (including phenoxy) is 2. The van der Waals surface area contributed by atoms with E-state index in [1.54, 1.807) is 0 Å². The highest BCUT2D eigenvalue weighted by molar-refractivity contribution is 5.78. The predicted molar refractivity (Wildman–Crippen MR) is 63.8 cm³/mol. The molecule has 0 spiro atoms. The van der Waals surface area contributed by atoms with Crippen LogP contribution in [0.1, 0.15) is 13.3 Å². The Labute approximate surface area is 102 Å². The summed E-state index contributed by atoms with van der Waals surface area (Å²) in [5.74, 6) is 0.729. The van der Waals surface area contributed by atoms with Gasteiger partial charge in [-0.15, -0.1) is 0 Å². The molecule has 2 aliphatic rings. The molecule has 2 aliphatic heterocycles. The molecule has 2 fully saturated rings. The summed E-state index contributed by atoms with van der Waals surface area (Å²) < 4.78 is 10.7. The van der Waals surface area contributed by atoms with Crippen molar-refractivity contribution in [3.05, 3.63) is 0 Å². The molecule has 2 unspecified atom stereocenters. The monoisotopic (exact) mass is 242 g/mol. The molecule has 17 heavy (non-hydrogen) atoms. The Morgan fingerprint density at radius 2 is 2.12 bits per heavy atom. The van der Waals surface area contributed by atoms with Crippen molar-refractivity contribution in [3.8, 4) is 0 Å². The normalized spacial score (nSPS) is 29.6. The maximum Gasteiger partial charge on any atom is 0.236 e. The van der Waals surface area contributed by atoms with Crippen LogP contribution in [0.3, 0.4) is 0 Å². The number of nitrogens with one attached hydrogen (secondary N) is 1. The molecule has 5 heteroatoms. The van der Waals surface area contributed by atoms with Gasteiger partial charge in [0, 0.05) is 26.2 Å². The molecule has 0 radical (unpaired) electrons. The van der Waals surface area contributed by atoms with E-state index in [0.717, 1.165) is 32.7 Å². The molecule has 0 aromatic carbocycles. The van der Waals surface area contributed by atoms with Gasteiger partial charge in [0.25, 0.3) is 0 Å². The molecule has 2 rings (SSSR count). The average molecular weight is 242 g/mol. The average Bonchev–Trinajstić information content (AvgIpc) is 2.76. The zero-order valence-electron chi connectivity index (χ0n) is 10.5. The lowest BCUT2D eigenvalue weighted by atomic mass is 10.0. The van der Waals surface area contributed by atoms with E-state index in [2.05, 4.69) is 12.2 Å². The highest BCUT2D eigenvalue weighted by Crippen LogP contribution is 2.19. The molecule has 1 N–H and O–H groups in total. The van der Waals surface area contributed by atoms with Crippen molar-refractivity contribution in [2.75, 3.05) is 46.0 Å². The summed E-state index contributed by atoms with van der Waals surface area (Å²) in [5.41, 5.74) is 0. The van der Waals surface area contributed by atoms with Gasteiger partial charge in [0.05, 0.1) is 25.9 Å². The van der Waals surface area contributed by atoms with Gasteiger partial charge in [-0.25, -0.2) is 0 Å². The standard InChI is InChI=1S/C12H22N2O3/c1-10-11(2-5-17-10)8-13-9-12(15)14-3-6-16-7-4-14/h10-11,13H,2-9H2,1H3. The molecule has 0 aromatic heterocycles. The van der Waals surface area contributed by atoms with Gasteiger partial charge in [-0.1, -0.05) is 0 Å². The Morgan fingerprint density at radius 1 is 1.35 bits per heavy atom. The fourth-order valence-corrected chi connectivity index (χ4v) is 2.33. The van der Waals surface area contributed by atoms with Gasteiger partial charge in [-0.05, 0) is 19.3 Å². The van der Waals surface area contributed by atoms with Crippen LogP contribution in [0.15, 0.2) is 0 Å². The van der Waals surface area contributed by atoms with E-state index in [9.17, 15) is 4.79 Å². The molecule has 2 atom stereocenters. The minimum Gasteiger partial charge on any atom is -0.378 e. The molecule has 1 amide bonds. The zero-order chi connectivity index (χ0) is 12.1. The number of morpholine rings is 1. The van der Waals surface area contributed by atoms with Gasteiger partial charge in [0.15, 0.2) is 0 Å². The molecule has 98 valence electrons. The molecule has 0 bridgehead atoms. The van der Waals surface area contributed by atoms with E-state index in [-0.39, 0.29) is 5.91 Å². The summed E-state index contributed by atoms with van der Waals surface area (Å²) in [6, 6.07) is 0. The Bertz CT molecular complexity index is 254. The van der Waals surface area contributed by atoms with Gasteiger partial charge in [0.1, 0.15) is 0 Å². The van der Waals surface area contributed by atoms with E-state index < -0.39 is 0 Å². The maximum absolute atomic E-state index is 11.8. The lowest BCUT2D eigenvalue weighted by Gasteiger charge is -2.27.